The smallest absolute Gasteiger partial charge is 0.280 e. The van der Waals surface area contributed by atoms with Crippen LogP contribution in [0.15, 0.2) is 58.4 Å². The van der Waals surface area contributed by atoms with E-state index in [1.54, 1.807) is 13.0 Å². The minimum Gasteiger partial charge on any atom is -0.454 e. The summed E-state index contributed by atoms with van der Waals surface area (Å²) in [5, 5.41) is 0.313. The second-order valence-electron chi connectivity index (χ2n) is 9.75. The molecule has 0 radical (unpaired) electrons. The maximum atomic E-state index is 13.5. The van der Waals surface area contributed by atoms with Crippen molar-refractivity contribution >= 4 is 44.7 Å². The van der Waals surface area contributed by atoms with Crippen LogP contribution in [0.25, 0.3) is 0 Å². The molecule has 1 fully saturated rings. The maximum absolute atomic E-state index is 13.5. The van der Waals surface area contributed by atoms with Crippen molar-refractivity contribution in [2.45, 2.75) is 24.1 Å². The molecule has 1 saturated heterocycles. The summed E-state index contributed by atoms with van der Waals surface area (Å²) in [6.45, 7) is 5.62. The van der Waals surface area contributed by atoms with E-state index in [0.717, 1.165) is 49.7 Å². The molecule has 6 N–H and O–H groups in total. The number of amides is 1. The van der Waals surface area contributed by atoms with Gasteiger partial charge >= 0.3 is 0 Å². The van der Waals surface area contributed by atoms with E-state index in [2.05, 4.69) is 20.9 Å². The monoisotopic (exact) mass is 568 g/mol. The molecule has 12 heteroatoms. The standard InChI is InChI=1S/C27H29ClN6O4S/c1-16-9-18(26(35)32-27(30)31)12-23-24(16)38-25-19(15-39(23,36)37)11-21(13-22(25)28)34-7-5-33(6-8-34)14-17-3-2-4-20(29)10-17/h2-4,9-13H,5-8,14-15,29H2,1H3,(H4,30,31,32,35). The van der Waals surface area contributed by atoms with Gasteiger partial charge in [-0.25, -0.2) is 8.42 Å². The lowest BCUT2D eigenvalue weighted by molar-refractivity contribution is 0.100. The Morgan fingerprint density at radius 2 is 1.79 bits per heavy atom. The summed E-state index contributed by atoms with van der Waals surface area (Å²) in [6.07, 6.45) is 0. The summed E-state index contributed by atoms with van der Waals surface area (Å²) < 4.78 is 33.1. The maximum Gasteiger partial charge on any atom is 0.280 e. The molecule has 2 aliphatic rings. The lowest BCUT2D eigenvalue weighted by Crippen LogP contribution is -2.46. The average Bonchev–Trinajstić information content (AvgIpc) is 2.98. The molecule has 0 bridgehead atoms. The Morgan fingerprint density at radius 1 is 1.05 bits per heavy atom. The van der Waals surface area contributed by atoms with Gasteiger partial charge in [0.15, 0.2) is 15.8 Å². The summed E-state index contributed by atoms with van der Waals surface area (Å²) in [4.78, 5) is 20.3. The van der Waals surface area contributed by atoms with Crippen molar-refractivity contribution in [3.05, 3.63) is 75.8 Å². The molecular formula is C27H29ClN6O4S. The third-order valence-electron chi connectivity index (χ3n) is 6.80. The number of halogens is 1. The van der Waals surface area contributed by atoms with Crippen LogP contribution in [0, 0.1) is 6.92 Å². The minimum atomic E-state index is -3.89. The molecule has 0 aliphatic carbocycles. The van der Waals surface area contributed by atoms with Crippen LogP contribution in [0.5, 0.6) is 11.5 Å². The number of nitrogens with two attached hydrogens (primary N) is 3. The number of carbonyl (C=O) groups is 1. The fraction of sp³-hybridized carbons (Fsp3) is 0.259. The van der Waals surface area contributed by atoms with E-state index >= 15 is 0 Å². The van der Waals surface area contributed by atoms with Crippen LogP contribution in [0.2, 0.25) is 5.02 Å². The van der Waals surface area contributed by atoms with Crippen LogP contribution in [0.4, 0.5) is 11.4 Å². The third kappa shape index (κ3) is 5.65. The van der Waals surface area contributed by atoms with Crippen molar-refractivity contribution in [1.29, 1.82) is 0 Å². The van der Waals surface area contributed by atoms with Crippen LogP contribution in [-0.2, 0) is 22.1 Å². The van der Waals surface area contributed by atoms with E-state index < -0.39 is 21.7 Å². The largest absolute Gasteiger partial charge is 0.454 e. The van der Waals surface area contributed by atoms with Crippen LogP contribution in [-0.4, -0.2) is 51.4 Å². The third-order valence-corrected chi connectivity index (χ3v) is 8.75. The summed E-state index contributed by atoms with van der Waals surface area (Å²) in [5.74, 6) is -1.08. The fourth-order valence-corrected chi connectivity index (χ4v) is 6.79. The molecule has 0 atom stereocenters. The summed E-state index contributed by atoms with van der Waals surface area (Å²) in [6, 6.07) is 14.2. The van der Waals surface area contributed by atoms with E-state index in [1.807, 2.05) is 24.3 Å². The molecule has 5 rings (SSSR count). The Bertz CT molecular complexity index is 1600. The average molecular weight is 569 g/mol. The normalized spacial score (nSPS) is 16.4. The molecule has 3 aromatic carbocycles. The Morgan fingerprint density at radius 3 is 2.49 bits per heavy atom. The van der Waals surface area contributed by atoms with Crippen molar-refractivity contribution in [2.24, 2.45) is 16.5 Å². The lowest BCUT2D eigenvalue weighted by atomic mass is 10.1. The highest BCUT2D eigenvalue weighted by atomic mass is 35.5. The van der Waals surface area contributed by atoms with Crippen LogP contribution in [0.1, 0.15) is 27.0 Å². The van der Waals surface area contributed by atoms with Gasteiger partial charge in [0.2, 0.25) is 0 Å². The molecular weight excluding hydrogens is 540 g/mol. The number of aryl methyl sites for hydroxylation is 1. The summed E-state index contributed by atoms with van der Waals surface area (Å²) >= 11 is 6.67. The molecule has 0 unspecified atom stereocenters. The number of carbonyl (C=O) groups excluding carboxylic acids is 1. The number of nitrogen functional groups attached to an aromatic ring is 1. The van der Waals surface area contributed by atoms with Crippen molar-refractivity contribution in [3.63, 3.8) is 0 Å². The van der Waals surface area contributed by atoms with E-state index in [0.29, 0.717) is 16.1 Å². The summed E-state index contributed by atoms with van der Waals surface area (Å²) in [5.41, 5.74) is 20.2. The van der Waals surface area contributed by atoms with Crippen LogP contribution < -0.4 is 26.8 Å². The number of piperazine rings is 1. The Labute approximate surface area is 231 Å². The number of hydrogen-bond donors (Lipinski definition) is 3. The van der Waals surface area contributed by atoms with Crippen molar-refractivity contribution < 1.29 is 17.9 Å². The van der Waals surface area contributed by atoms with E-state index in [1.165, 1.54) is 12.1 Å². The van der Waals surface area contributed by atoms with Gasteiger partial charge in [-0.15, -0.1) is 0 Å². The molecule has 2 aliphatic heterocycles. The predicted molar refractivity (Wildman–Crippen MR) is 152 cm³/mol. The molecule has 0 saturated carbocycles. The van der Waals surface area contributed by atoms with Crippen LogP contribution in [0.3, 0.4) is 0 Å². The SMILES string of the molecule is Cc1cc(C(=O)N=C(N)N)cc2c1Oc1c(Cl)cc(N3CCN(Cc4cccc(N)c4)CC3)cc1CS2(=O)=O. The first-order valence-electron chi connectivity index (χ1n) is 12.3. The second kappa shape index (κ2) is 10.4. The quantitative estimate of drug-likeness (QED) is 0.244. The number of nitrogens with zero attached hydrogens (tertiary/aromatic N) is 3. The van der Waals surface area contributed by atoms with Gasteiger partial charge in [0.1, 0.15) is 16.4 Å². The van der Waals surface area contributed by atoms with E-state index in [-0.39, 0.29) is 27.7 Å². The van der Waals surface area contributed by atoms with Crippen molar-refractivity contribution in [2.75, 3.05) is 36.8 Å². The molecule has 204 valence electrons. The molecule has 39 heavy (non-hydrogen) atoms. The number of rotatable bonds is 4. The topological polar surface area (TPSA) is 157 Å². The van der Waals surface area contributed by atoms with Gasteiger partial charge in [0.25, 0.3) is 5.91 Å². The zero-order chi connectivity index (χ0) is 27.9. The fourth-order valence-electron chi connectivity index (χ4n) is 4.95. The Hall–Kier alpha value is -3.80. The number of ether oxygens (including phenoxy) is 1. The first kappa shape index (κ1) is 26.8. The molecule has 0 aromatic heterocycles. The number of fused-ring (bicyclic) bond motifs is 2. The van der Waals surface area contributed by atoms with Gasteiger partial charge in [0, 0.05) is 55.2 Å². The van der Waals surface area contributed by atoms with Gasteiger partial charge in [-0.05, 0) is 54.4 Å². The first-order valence-corrected chi connectivity index (χ1v) is 14.4. The first-order chi connectivity index (χ1) is 18.5. The predicted octanol–water partition coefficient (Wildman–Crippen LogP) is 3.05. The Balaban J connectivity index is 1.40. The molecule has 10 nitrogen and oxygen atoms in total. The molecule has 2 heterocycles. The van der Waals surface area contributed by atoms with E-state index in [4.69, 9.17) is 33.5 Å². The number of guanidine groups is 1. The van der Waals surface area contributed by atoms with Gasteiger partial charge in [-0.3, -0.25) is 9.69 Å². The molecule has 1 amide bonds. The Kier molecular flexibility index (Phi) is 7.15. The van der Waals surface area contributed by atoms with Crippen LogP contribution >= 0.6 is 11.6 Å². The lowest BCUT2D eigenvalue weighted by Gasteiger charge is -2.36. The zero-order valence-electron chi connectivity index (χ0n) is 21.4. The minimum absolute atomic E-state index is 0.0422. The number of aliphatic imine (C=N–C) groups is 1. The van der Waals surface area contributed by atoms with Gasteiger partial charge in [0.05, 0.1) is 10.8 Å². The van der Waals surface area contributed by atoms with Gasteiger partial charge < -0.3 is 26.8 Å². The number of anilines is 2. The highest BCUT2D eigenvalue weighted by Crippen LogP contribution is 2.45. The highest BCUT2D eigenvalue weighted by Gasteiger charge is 2.32. The number of hydrogen-bond acceptors (Lipinski definition) is 7. The van der Waals surface area contributed by atoms with Gasteiger partial charge in [-0.2, -0.15) is 4.99 Å². The summed E-state index contributed by atoms with van der Waals surface area (Å²) in [7, 11) is -3.89. The second-order valence-corrected chi connectivity index (χ2v) is 12.1. The molecule has 0 spiro atoms. The van der Waals surface area contributed by atoms with Gasteiger partial charge in [-0.1, -0.05) is 23.7 Å². The number of sulfone groups is 1. The molecule has 3 aromatic rings. The number of benzene rings is 3. The van der Waals surface area contributed by atoms with Crippen molar-refractivity contribution in [1.82, 2.24) is 4.90 Å². The zero-order valence-corrected chi connectivity index (χ0v) is 22.9. The van der Waals surface area contributed by atoms with Crippen molar-refractivity contribution in [3.8, 4) is 11.5 Å². The highest BCUT2D eigenvalue weighted by molar-refractivity contribution is 7.90. The van der Waals surface area contributed by atoms with E-state index in [9.17, 15) is 13.2 Å².